The van der Waals surface area contributed by atoms with Crippen LogP contribution in [0.5, 0.6) is 0 Å². The van der Waals surface area contributed by atoms with E-state index in [2.05, 4.69) is 19.2 Å². The number of nitrogens with one attached hydrogen (secondary N) is 1. The quantitative estimate of drug-likeness (QED) is 0.290. The molecule has 140 valence electrons. The van der Waals surface area contributed by atoms with E-state index in [-0.39, 0.29) is 1.43 Å². The monoisotopic (exact) mass is 327 g/mol. The average Bonchev–Trinajstić information content (AvgIpc) is 2.53. The Morgan fingerprint density at radius 3 is 1.78 bits per heavy atom. The van der Waals surface area contributed by atoms with Crippen LogP contribution in [0.4, 0.5) is 0 Å². The lowest BCUT2D eigenvalue weighted by atomic mass is 10.0. The standard InChI is InChI=1S/C21H43NO.H2/c1-4-21(23)17-13-9-5-6-10-14-18-22-19-15-11-7-8-12-16-20(2)3;/h20,22H,4-19H2,1-3H3;1H. The van der Waals surface area contributed by atoms with Crippen molar-refractivity contribution >= 4 is 5.78 Å². The van der Waals surface area contributed by atoms with Crippen LogP contribution in [0.15, 0.2) is 0 Å². The van der Waals surface area contributed by atoms with Crippen molar-refractivity contribution in [2.45, 2.75) is 111 Å². The highest BCUT2D eigenvalue weighted by molar-refractivity contribution is 5.77. The summed E-state index contributed by atoms with van der Waals surface area (Å²) in [6.45, 7) is 8.97. The first-order valence-electron chi connectivity index (χ1n) is 10.4. The van der Waals surface area contributed by atoms with Crippen molar-refractivity contribution < 1.29 is 6.22 Å². The highest BCUT2D eigenvalue weighted by Crippen LogP contribution is 2.10. The van der Waals surface area contributed by atoms with Crippen LogP contribution in [-0.4, -0.2) is 18.9 Å². The molecule has 0 aliphatic heterocycles. The number of rotatable bonds is 18. The second-order valence-electron chi connectivity index (χ2n) is 7.46. The molecule has 0 aromatic rings. The molecular weight excluding hydrogens is 282 g/mol. The molecule has 0 aliphatic rings. The lowest BCUT2D eigenvalue weighted by molar-refractivity contribution is -0.118. The molecule has 0 radical (unpaired) electrons. The van der Waals surface area contributed by atoms with Gasteiger partial charge in [-0.1, -0.05) is 78.6 Å². The van der Waals surface area contributed by atoms with Gasteiger partial charge in [-0.05, 0) is 38.3 Å². The second-order valence-corrected chi connectivity index (χ2v) is 7.46. The lowest BCUT2D eigenvalue weighted by Crippen LogP contribution is -2.16. The molecule has 0 aliphatic carbocycles. The van der Waals surface area contributed by atoms with Crippen molar-refractivity contribution in [3.05, 3.63) is 0 Å². The predicted octanol–water partition coefficient (Wildman–Crippen LogP) is 6.53. The third kappa shape index (κ3) is 19.6. The number of Topliss-reactive ketones (excluding diaryl/α,β-unsaturated/α-hetero) is 1. The number of carbonyl (C=O) groups is 1. The van der Waals surface area contributed by atoms with Crippen molar-refractivity contribution in [2.75, 3.05) is 13.1 Å². The summed E-state index contributed by atoms with van der Waals surface area (Å²) < 4.78 is 0. The van der Waals surface area contributed by atoms with Crippen LogP contribution in [0.25, 0.3) is 0 Å². The number of hydrogen-bond acceptors (Lipinski definition) is 2. The third-order valence-corrected chi connectivity index (χ3v) is 4.59. The van der Waals surface area contributed by atoms with Crippen LogP contribution in [0.1, 0.15) is 112 Å². The number of carbonyl (C=O) groups excluding carboxylic acids is 1. The molecule has 0 fully saturated rings. The van der Waals surface area contributed by atoms with E-state index in [4.69, 9.17) is 0 Å². The van der Waals surface area contributed by atoms with Crippen LogP contribution in [0.2, 0.25) is 0 Å². The van der Waals surface area contributed by atoms with E-state index in [1.54, 1.807) is 0 Å². The minimum absolute atomic E-state index is 0. The van der Waals surface area contributed by atoms with Crippen molar-refractivity contribution in [1.29, 1.82) is 0 Å². The zero-order chi connectivity index (χ0) is 17.2. The van der Waals surface area contributed by atoms with Gasteiger partial charge in [0, 0.05) is 14.3 Å². The van der Waals surface area contributed by atoms with Gasteiger partial charge in [0.2, 0.25) is 0 Å². The fraction of sp³-hybridized carbons (Fsp3) is 0.952. The Labute approximate surface area is 147 Å². The van der Waals surface area contributed by atoms with Gasteiger partial charge < -0.3 is 5.32 Å². The Morgan fingerprint density at radius 2 is 1.26 bits per heavy atom. The number of unbranched alkanes of at least 4 members (excludes halogenated alkanes) is 9. The highest BCUT2D eigenvalue weighted by atomic mass is 16.1. The lowest BCUT2D eigenvalue weighted by Gasteiger charge is -2.06. The van der Waals surface area contributed by atoms with Crippen molar-refractivity contribution in [1.82, 2.24) is 5.32 Å². The summed E-state index contributed by atoms with van der Waals surface area (Å²) >= 11 is 0. The van der Waals surface area contributed by atoms with Gasteiger partial charge in [-0.3, -0.25) is 4.79 Å². The van der Waals surface area contributed by atoms with Crippen LogP contribution in [-0.2, 0) is 4.79 Å². The zero-order valence-electron chi connectivity index (χ0n) is 16.3. The number of ketones is 1. The molecule has 0 spiro atoms. The molecule has 0 amide bonds. The van der Waals surface area contributed by atoms with Gasteiger partial charge in [0.05, 0.1) is 0 Å². The maximum atomic E-state index is 11.2. The Balaban J connectivity index is 0. The smallest absolute Gasteiger partial charge is 0.132 e. The first kappa shape index (κ1) is 22.6. The molecular formula is C21H45NO. The molecule has 0 unspecified atom stereocenters. The Kier molecular flexibility index (Phi) is 17.7. The number of hydrogen-bond donors (Lipinski definition) is 1. The molecule has 0 saturated heterocycles. The van der Waals surface area contributed by atoms with Crippen molar-refractivity contribution in [3.8, 4) is 0 Å². The van der Waals surface area contributed by atoms with E-state index in [0.29, 0.717) is 12.2 Å². The van der Waals surface area contributed by atoms with E-state index >= 15 is 0 Å². The molecule has 0 rings (SSSR count). The predicted molar refractivity (Wildman–Crippen MR) is 105 cm³/mol. The fourth-order valence-corrected chi connectivity index (χ4v) is 2.91. The molecule has 0 atom stereocenters. The molecule has 2 heteroatoms. The Hall–Kier alpha value is -0.370. The largest absolute Gasteiger partial charge is 0.317 e. The van der Waals surface area contributed by atoms with Crippen LogP contribution in [0, 0.1) is 5.92 Å². The topological polar surface area (TPSA) is 29.1 Å². The maximum absolute atomic E-state index is 11.2. The van der Waals surface area contributed by atoms with Crippen LogP contribution >= 0.6 is 0 Å². The summed E-state index contributed by atoms with van der Waals surface area (Å²) in [5.41, 5.74) is 0. The van der Waals surface area contributed by atoms with Crippen molar-refractivity contribution in [3.63, 3.8) is 0 Å². The molecule has 2 nitrogen and oxygen atoms in total. The molecule has 0 aromatic carbocycles. The Bertz CT molecular complexity index is 256. The molecule has 0 aromatic heterocycles. The van der Waals surface area contributed by atoms with E-state index < -0.39 is 0 Å². The van der Waals surface area contributed by atoms with Crippen LogP contribution in [0.3, 0.4) is 0 Å². The SMILES string of the molecule is CCC(=O)CCCCCCCCNCCCCCCCC(C)C.[HH]. The summed E-state index contributed by atoms with van der Waals surface area (Å²) in [6, 6.07) is 0. The normalized spacial score (nSPS) is 11.3. The van der Waals surface area contributed by atoms with E-state index in [1.807, 2.05) is 6.92 Å². The minimum Gasteiger partial charge on any atom is -0.317 e. The minimum atomic E-state index is 0. The van der Waals surface area contributed by atoms with Crippen LogP contribution < -0.4 is 5.32 Å². The fourth-order valence-electron chi connectivity index (χ4n) is 2.91. The molecule has 1 N–H and O–H groups in total. The van der Waals surface area contributed by atoms with Gasteiger partial charge >= 0.3 is 0 Å². The van der Waals surface area contributed by atoms with Gasteiger partial charge in [0.15, 0.2) is 0 Å². The van der Waals surface area contributed by atoms with Crippen molar-refractivity contribution in [2.24, 2.45) is 5.92 Å². The first-order chi connectivity index (χ1) is 11.2. The van der Waals surface area contributed by atoms with Gasteiger partial charge in [0.25, 0.3) is 0 Å². The maximum Gasteiger partial charge on any atom is 0.132 e. The van der Waals surface area contributed by atoms with Gasteiger partial charge in [-0.2, -0.15) is 0 Å². The molecule has 23 heavy (non-hydrogen) atoms. The average molecular weight is 328 g/mol. The molecule has 0 bridgehead atoms. The second kappa shape index (κ2) is 18.0. The molecule has 0 heterocycles. The summed E-state index contributed by atoms with van der Waals surface area (Å²) in [6.07, 6.45) is 17.5. The van der Waals surface area contributed by atoms with E-state index in [9.17, 15) is 4.79 Å². The van der Waals surface area contributed by atoms with E-state index in [1.165, 1.54) is 83.7 Å². The summed E-state index contributed by atoms with van der Waals surface area (Å²) in [7, 11) is 0. The van der Waals surface area contributed by atoms with E-state index in [0.717, 1.165) is 18.8 Å². The van der Waals surface area contributed by atoms with Gasteiger partial charge in [-0.15, -0.1) is 0 Å². The Morgan fingerprint density at radius 1 is 0.783 bits per heavy atom. The van der Waals surface area contributed by atoms with Gasteiger partial charge in [0.1, 0.15) is 5.78 Å². The third-order valence-electron chi connectivity index (χ3n) is 4.59. The molecule has 0 saturated carbocycles. The summed E-state index contributed by atoms with van der Waals surface area (Å²) in [4.78, 5) is 11.2. The zero-order valence-corrected chi connectivity index (χ0v) is 16.3. The first-order valence-corrected chi connectivity index (χ1v) is 10.4. The summed E-state index contributed by atoms with van der Waals surface area (Å²) in [5.74, 6) is 1.30. The summed E-state index contributed by atoms with van der Waals surface area (Å²) in [5, 5.41) is 3.57. The highest BCUT2D eigenvalue weighted by Gasteiger charge is 1.98. The van der Waals surface area contributed by atoms with Gasteiger partial charge in [-0.25, -0.2) is 0 Å².